The maximum Gasteiger partial charge on any atom is 0.253 e. The summed E-state index contributed by atoms with van der Waals surface area (Å²) in [5.74, 6) is 0.117. The number of anilines is 3. The fourth-order valence-electron chi connectivity index (χ4n) is 3.81. The number of aromatic nitrogens is 1. The van der Waals surface area contributed by atoms with E-state index in [4.69, 9.17) is 0 Å². The fraction of sp³-hybridized carbons (Fsp3) is 0.375. The highest BCUT2D eigenvalue weighted by molar-refractivity contribution is 7.89. The first-order chi connectivity index (χ1) is 15.9. The Balaban J connectivity index is 0.00000306. The van der Waals surface area contributed by atoms with E-state index < -0.39 is 20.9 Å². The second kappa shape index (κ2) is 11.2. The second-order valence-electron chi connectivity index (χ2n) is 7.97. The standard InChI is InChI=1S/C24H30N4O4S.2H2/c1-3-18-11-15-28(17-19(18)4-2)33(31,32)16-8-6-5-7-12-26-21-22(24(30)23(21)29)27-20-9-13-25-14-10-20;;/h3-4,9-10,13-14,26H,1-2,5-8,11-12,15-17H2,(H,25,27);2*1H. The van der Waals surface area contributed by atoms with Gasteiger partial charge in [0.05, 0.1) is 5.75 Å². The maximum absolute atomic E-state index is 12.7. The maximum atomic E-state index is 12.7. The molecule has 0 aliphatic carbocycles. The van der Waals surface area contributed by atoms with Gasteiger partial charge in [0, 0.05) is 40.6 Å². The molecule has 0 spiro atoms. The van der Waals surface area contributed by atoms with Crippen LogP contribution in [0.4, 0.5) is 17.1 Å². The van der Waals surface area contributed by atoms with Gasteiger partial charge in [0.25, 0.3) is 10.9 Å². The Morgan fingerprint density at radius 3 is 2.36 bits per heavy atom. The number of rotatable bonds is 13. The van der Waals surface area contributed by atoms with E-state index in [1.165, 1.54) is 4.31 Å². The van der Waals surface area contributed by atoms with Gasteiger partial charge in [0.2, 0.25) is 10.0 Å². The van der Waals surface area contributed by atoms with Crippen LogP contribution >= 0.6 is 0 Å². The van der Waals surface area contributed by atoms with Gasteiger partial charge in [-0.05, 0) is 42.5 Å². The quantitative estimate of drug-likeness (QED) is 0.337. The molecule has 2 heterocycles. The number of pyridine rings is 1. The molecular weight excluding hydrogens is 440 g/mol. The van der Waals surface area contributed by atoms with E-state index in [-0.39, 0.29) is 14.3 Å². The molecule has 3 rings (SSSR count). The van der Waals surface area contributed by atoms with Crippen LogP contribution in [0.15, 0.2) is 70.6 Å². The molecule has 33 heavy (non-hydrogen) atoms. The minimum absolute atomic E-state index is 0. The molecule has 180 valence electrons. The molecule has 1 aliphatic rings. The molecule has 0 unspecified atom stereocenters. The summed E-state index contributed by atoms with van der Waals surface area (Å²) in [7, 11) is -3.31. The number of hydrogen-bond acceptors (Lipinski definition) is 7. The van der Waals surface area contributed by atoms with Crippen molar-refractivity contribution < 1.29 is 11.3 Å². The van der Waals surface area contributed by atoms with Crippen molar-refractivity contribution in [3.05, 3.63) is 81.4 Å². The van der Waals surface area contributed by atoms with E-state index in [0.29, 0.717) is 43.9 Å². The van der Waals surface area contributed by atoms with Crippen molar-refractivity contribution in [2.75, 3.05) is 36.0 Å². The van der Waals surface area contributed by atoms with Crippen LogP contribution in [0.25, 0.3) is 0 Å². The SMILES string of the molecule is C=CC1=C(C=C)CN(S(=O)(=O)CCCCCCNc2c(Nc3ccncc3)c(=O)c2=O)CC1.[HH].[HH]. The Labute approximate surface area is 197 Å². The molecule has 2 N–H and O–H groups in total. The van der Waals surface area contributed by atoms with Crippen LogP contribution < -0.4 is 21.5 Å². The second-order valence-corrected chi connectivity index (χ2v) is 10.1. The van der Waals surface area contributed by atoms with Gasteiger partial charge >= 0.3 is 0 Å². The topological polar surface area (TPSA) is 108 Å². The normalized spacial score (nSPS) is 14.9. The molecular formula is C24H34N4O4S. The molecule has 9 heteroatoms. The number of nitrogens with one attached hydrogen (secondary N) is 2. The molecule has 0 atom stereocenters. The van der Waals surface area contributed by atoms with Crippen molar-refractivity contribution in [1.82, 2.24) is 9.29 Å². The zero-order chi connectivity index (χ0) is 23.8. The third-order valence-electron chi connectivity index (χ3n) is 5.77. The van der Waals surface area contributed by atoms with Crippen molar-refractivity contribution in [2.45, 2.75) is 32.1 Å². The zero-order valence-electron chi connectivity index (χ0n) is 18.7. The minimum Gasteiger partial charge on any atom is -0.380 e. The van der Waals surface area contributed by atoms with E-state index in [0.717, 1.165) is 30.4 Å². The van der Waals surface area contributed by atoms with Crippen LogP contribution in [0.3, 0.4) is 0 Å². The van der Waals surface area contributed by atoms with Gasteiger partial charge in [-0.3, -0.25) is 14.6 Å². The first-order valence-electron chi connectivity index (χ1n) is 11.1. The number of allylic oxidation sites excluding steroid dienone is 1. The van der Waals surface area contributed by atoms with Gasteiger partial charge in [-0.15, -0.1) is 0 Å². The molecule has 1 aromatic carbocycles. The average molecular weight is 475 g/mol. The molecule has 1 aliphatic heterocycles. The molecule has 0 saturated heterocycles. The third-order valence-corrected chi connectivity index (χ3v) is 7.67. The van der Waals surface area contributed by atoms with E-state index in [1.807, 2.05) is 0 Å². The zero-order valence-corrected chi connectivity index (χ0v) is 19.5. The predicted octanol–water partition coefficient (Wildman–Crippen LogP) is 3.59. The van der Waals surface area contributed by atoms with Crippen LogP contribution in [0, 0.1) is 0 Å². The fourth-order valence-corrected chi connectivity index (χ4v) is 5.34. The Bertz CT molecular complexity index is 1210. The molecule has 0 amide bonds. The van der Waals surface area contributed by atoms with Crippen molar-refractivity contribution in [2.24, 2.45) is 0 Å². The Kier molecular flexibility index (Phi) is 8.35. The molecule has 0 radical (unpaired) electrons. The highest BCUT2D eigenvalue weighted by atomic mass is 32.2. The predicted molar refractivity (Wildman–Crippen MR) is 137 cm³/mol. The molecule has 8 nitrogen and oxygen atoms in total. The summed E-state index contributed by atoms with van der Waals surface area (Å²) in [6.45, 7) is 8.93. The smallest absolute Gasteiger partial charge is 0.253 e. The van der Waals surface area contributed by atoms with Gasteiger partial charge in [-0.25, -0.2) is 8.42 Å². The van der Waals surface area contributed by atoms with E-state index >= 15 is 0 Å². The number of unbranched alkanes of at least 4 members (excludes halogenated alkanes) is 3. The van der Waals surface area contributed by atoms with Gasteiger partial charge in [-0.1, -0.05) is 38.2 Å². The first-order valence-corrected chi connectivity index (χ1v) is 12.7. The van der Waals surface area contributed by atoms with Crippen LogP contribution in [-0.2, 0) is 10.0 Å². The lowest BCUT2D eigenvalue weighted by molar-refractivity contribution is 0.425. The van der Waals surface area contributed by atoms with Gasteiger partial charge in [0.15, 0.2) is 0 Å². The van der Waals surface area contributed by atoms with Crippen molar-refractivity contribution in [3.8, 4) is 0 Å². The van der Waals surface area contributed by atoms with Crippen LogP contribution in [0.5, 0.6) is 0 Å². The van der Waals surface area contributed by atoms with E-state index in [9.17, 15) is 18.0 Å². The van der Waals surface area contributed by atoms with E-state index in [1.54, 1.807) is 36.7 Å². The number of nitrogens with zero attached hydrogens (tertiary/aromatic N) is 2. The minimum atomic E-state index is -3.31. The summed E-state index contributed by atoms with van der Waals surface area (Å²) in [6.07, 6.45) is 10.3. The van der Waals surface area contributed by atoms with Crippen molar-refractivity contribution in [1.29, 1.82) is 0 Å². The Morgan fingerprint density at radius 2 is 1.67 bits per heavy atom. The lowest BCUT2D eigenvalue weighted by atomic mass is 10.0. The summed E-state index contributed by atoms with van der Waals surface area (Å²) >= 11 is 0. The summed E-state index contributed by atoms with van der Waals surface area (Å²) in [4.78, 5) is 27.6. The summed E-state index contributed by atoms with van der Waals surface area (Å²) in [5.41, 5.74) is 2.18. The van der Waals surface area contributed by atoms with Crippen LogP contribution in [-0.4, -0.2) is 43.1 Å². The van der Waals surface area contributed by atoms with Crippen molar-refractivity contribution in [3.63, 3.8) is 0 Å². The monoisotopic (exact) mass is 474 g/mol. The average Bonchev–Trinajstić information content (AvgIpc) is 2.84. The summed E-state index contributed by atoms with van der Waals surface area (Å²) in [6, 6.07) is 3.43. The molecule has 1 aromatic heterocycles. The lowest BCUT2D eigenvalue weighted by Gasteiger charge is -2.28. The molecule has 0 saturated carbocycles. The van der Waals surface area contributed by atoms with Crippen molar-refractivity contribution >= 4 is 27.1 Å². The van der Waals surface area contributed by atoms with Gasteiger partial charge < -0.3 is 10.6 Å². The van der Waals surface area contributed by atoms with Crippen LogP contribution in [0.1, 0.15) is 35.0 Å². The third kappa shape index (κ3) is 6.06. The highest BCUT2D eigenvalue weighted by Gasteiger charge is 2.26. The van der Waals surface area contributed by atoms with Gasteiger partial charge in [0.1, 0.15) is 11.4 Å². The van der Waals surface area contributed by atoms with E-state index in [2.05, 4.69) is 28.8 Å². The Morgan fingerprint density at radius 1 is 1.00 bits per heavy atom. The highest BCUT2D eigenvalue weighted by Crippen LogP contribution is 2.23. The first kappa shape index (κ1) is 24.6. The van der Waals surface area contributed by atoms with Crippen LogP contribution in [0.2, 0.25) is 0 Å². The lowest BCUT2D eigenvalue weighted by Crippen LogP contribution is -2.38. The number of sulfonamides is 1. The van der Waals surface area contributed by atoms with Gasteiger partial charge in [-0.2, -0.15) is 4.31 Å². The molecule has 2 aromatic rings. The molecule has 0 bridgehead atoms. The molecule has 0 fully saturated rings. The summed E-state index contributed by atoms with van der Waals surface area (Å²) < 4.78 is 26.9. The summed E-state index contributed by atoms with van der Waals surface area (Å²) in [5, 5.41) is 5.98. The Hall–Kier alpha value is -3.04. The largest absolute Gasteiger partial charge is 0.380 e. The number of hydrogen-bond donors (Lipinski definition) is 2.